The summed E-state index contributed by atoms with van der Waals surface area (Å²) in [7, 11) is 0. The number of likely N-dealkylation sites (tertiary alicyclic amines) is 2. The standard InChI is InChI=1S/C34H43Br2ClN4O3/c1-20(2)21(3)39-29(42)18-31(44)40-10-6-22(7-11-40)14-30(43)41-12-8-23(9-13-41)33-32-24(16-27(37)17-28(32)36)4-5-25-15-26(35)19-38-34(25)33/h15-17,19-23,33H,4-14,18H2,1-3H3,(H,39,42)/t21?,33-/m1/s1. The fraction of sp³-hybridized carbons (Fsp3) is 0.588. The maximum atomic E-state index is 13.4. The fourth-order valence-electron chi connectivity index (χ4n) is 7.00. The van der Waals surface area contributed by atoms with Gasteiger partial charge in [-0.15, -0.1) is 0 Å². The van der Waals surface area contributed by atoms with E-state index < -0.39 is 0 Å². The van der Waals surface area contributed by atoms with Gasteiger partial charge < -0.3 is 15.1 Å². The van der Waals surface area contributed by atoms with Crippen molar-refractivity contribution in [1.82, 2.24) is 20.1 Å². The van der Waals surface area contributed by atoms with Crippen LogP contribution in [-0.4, -0.2) is 64.7 Å². The van der Waals surface area contributed by atoms with E-state index in [9.17, 15) is 14.4 Å². The van der Waals surface area contributed by atoms with E-state index in [2.05, 4.69) is 49.3 Å². The van der Waals surface area contributed by atoms with Crippen LogP contribution in [-0.2, 0) is 27.2 Å². The Labute approximate surface area is 283 Å². The smallest absolute Gasteiger partial charge is 0.232 e. The number of nitrogens with zero attached hydrogens (tertiary/aromatic N) is 3. The molecule has 1 aromatic carbocycles. The molecule has 2 aliphatic heterocycles. The van der Waals surface area contributed by atoms with Crippen LogP contribution >= 0.6 is 43.5 Å². The van der Waals surface area contributed by atoms with E-state index >= 15 is 0 Å². The predicted octanol–water partition coefficient (Wildman–Crippen LogP) is 6.91. The minimum Gasteiger partial charge on any atom is -0.353 e. The molecule has 10 heteroatoms. The molecule has 1 aromatic heterocycles. The molecule has 0 bridgehead atoms. The molecule has 0 spiro atoms. The Hall–Kier alpha value is -1.97. The van der Waals surface area contributed by atoms with Crippen molar-refractivity contribution in [3.63, 3.8) is 0 Å². The second-order valence-corrected chi connectivity index (χ2v) is 15.4. The first-order chi connectivity index (χ1) is 21.0. The average molecular weight is 751 g/mol. The SMILES string of the molecule is CC(C)C(C)NC(=O)CC(=O)N1CCC(CC(=O)N2CCC([C@H]3c4ncc(Br)cc4CCc4cc(Cl)cc(Br)c43)CC2)CC1. The van der Waals surface area contributed by atoms with Crippen LogP contribution in [0.5, 0.6) is 0 Å². The van der Waals surface area contributed by atoms with E-state index in [-0.39, 0.29) is 42.0 Å². The summed E-state index contributed by atoms with van der Waals surface area (Å²) in [5.41, 5.74) is 4.99. The Morgan fingerprint density at radius 2 is 1.57 bits per heavy atom. The van der Waals surface area contributed by atoms with Crippen molar-refractivity contribution >= 4 is 61.2 Å². The zero-order valence-corrected chi connectivity index (χ0v) is 29.8. The minimum atomic E-state index is -0.215. The summed E-state index contributed by atoms with van der Waals surface area (Å²) in [5.74, 6) is 0.984. The third kappa shape index (κ3) is 7.87. The van der Waals surface area contributed by atoms with Gasteiger partial charge in [-0.2, -0.15) is 0 Å². The highest BCUT2D eigenvalue weighted by Crippen LogP contribution is 2.46. The van der Waals surface area contributed by atoms with Crippen molar-refractivity contribution < 1.29 is 14.4 Å². The molecule has 3 aliphatic rings. The first-order valence-corrected chi connectivity index (χ1v) is 17.9. The first kappa shape index (κ1) is 33.4. The molecule has 238 valence electrons. The number of rotatable bonds is 7. The minimum absolute atomic E-state index is 0.0379. The lowest BCUT2D eigenvalue weighted by Gasteiger charge is -2.38. The second-order valence-electron chi connectivity index (χ2n) is 13.2. The second kappa shape index (κ2) is 14.6. The summed E-state index contributed by atoms with van der Waals surface area (Å²) in [6.45, 7) is 8.75. The third-order valence-corrected chi connectivity index (χ3v) is 11.2. The van der Waals surface area contributed by atoms with Gasteiger partial charge in [0.25, 0.3) is 0 Å². The number of aromatic nitrogens is 1. The number of halogens is 3. The highest BCUT2D eigenvalue weighted by Gasteiger charge is 2.37. The third-order valence-electron chi connectivity index (χ3n) is 9.91. The number of benzene rings is 1. The van der Waals surface area contributed by atoms with Crippen molar-refractivity contribution in [2.45, 2.75) is 84.1 Å². The van der Waals surface area contributed by atoms with Gasteiger partial charge in [0.2, 0.25) is 17.7 Å². The Bertz CT molecular complexity index is 1390. The molecule has 3 heterocycles. The summed E-state index contributed by atoms with van der Waals surface area (Å²) in [5, 5.41) is 3.66. The van der Waals surface area contributed by atoms with Gasteiger partial charge in [-0.05, 0) is 114 Å². The van der Waals surface area contributed by atoms with Gasteiger partial charge in [0, 0.05) is 64.7 Å². The summed E-state index contributed by atoms with van der Waals surface area (Å²) in [6, 6.07) is 6.35. The number of aryl methyl sites for hydroxylation is 2. The van der Waals surface area contributed by atoms with Crippen molar-refractivity contribution in [2.24, 2.45) is 17.8 Å². The molecule has 7 nitrogen and oxygen atoms in total. The molecule has 0 saturated carbocycles. The van der Waals surface area contributed by atoms with E-state index in [4.69, 9.17) is 16.6 Å². The Kier molecular flexibility index (Phi) is 11.1. The molecular weight excluding hydrogens is 708 g/mol. The molecular formula is C34H43Br2ClN4O3. The van der Waals surface area contributed by atoms with Gasteiger partial charge in [-0.25, -0.2) is 0 Å². The maximum Gasteiger partial charge on any atom is 0.232 e. The zero-order valence-electron chi connectivity index (χ0n) is 25.9. The number of hydrogen-bond acceptors (Lipinski definition) is 4. The van der Waals surface area contributed by atoms with Crippen molar-refractivity contribution in [1.29, 1.82) is 0 Å². The van der Waals surface area contributed by atoms with Crippen LogP contribution in [0.2, 0.25) is 5.02 Å². The van der Waals surface area contributed by atoms with E-state index in [1.165, 1.54) is 16.7 Å². The van der Waals surface area contributed by atoms with Gasteiger partial charge in [0.15, 0.2) is 0 Å². The molecule has 3 amide bonds. The average Bonchev–Trinajstić information content (AvgIpc) is 3.14. The summed E-state index contributed by atoms with van der Waals surface area (Å²) in [4.78, 5) is 47.2. The number of piperidine rings is 2. The summed E-state index contributed by atoms with van der Waals surface area (Å²) < 4.78 is 2.03. The number of nitrogens with one attached hydrogen (secondary N) is 1. The molecule has 0 radical (unpaired) electrons. The van der Waals surface area contributed by atoms with E-state index in [1.807, 2.05) is 37.9 Å². The highest BCUT2D eigenvalue weighted by atomic mass is 79.9. The van der Waals surface area contributed by atoms with Gasteiger partial charge in [-0.3, -0.25) is 19.4 Å². The molecule has 44 heavy (non-hydrogen) atoms. The van der Waals surface area contributed by atoms with Gasteiger partial charge in [0.1, 0.15) is 6.42 Å². The molecule has 1 N–H and O–H groups in total. The number of carbonyl (C=O) groups excluding carboxylic acids is 3. The fourth-order valence-corrected chi connectivity index (χ4v) is 8.49. The van der Waals surface area contributed by atoms with Crippen molar-refractivity contribution in [3.8, 4) is 0 Å². The summed E-state index contributed by atoms with van der Waals surface area (Å²) in [6.07, 6.45) is 7.60. The van der Waals surface area contributed by atoms with Crippen LogP contribution in [0.4, 0.5) is 0 Å². The van der Waals surface area contributed by atoms with E-state index in [1.54, 1.807) is 4.90 Å². The van der Waals surface area contributed by atoms with Crippen LogP contribution in [0, 0.1) is 17.8 Å². The topological polar surface area (TPSA) is 82.6 Å². The zero-order chi connectivity index (χ0) is 31.5. The van der Waals surface area contributed by atoms with E-state index in [0.29, 0.717) is 31.3 Å². The quantitative estimate of drug-likeness (QED) is 0.312. The normalized spacial score (nSPS) is 20.1. The number of fused-ring (bicyclic) bond motifs is 2. The number of amides is 3. The number of carbonyl (C=O) groups is 3. The van der Waals surface area contributed by atoms with Gasteiger partial charge in [-0.1, -0.05) is 41.4 Å². The highest BCUT2D eigenvalue weighted by molar-refractivity contribution is 9.10. The monoisotopic (exact) mass is 748 g/mol. The molecule has 1 aliphatic carbocycles. The molecule has 1 unspecified atom stereocenters. The molecule has 2 atom stereocenters. The Morgan fingerprint density at radius 1 is 0.932 bits per heavy atom. The van der Waals surface area contributed by atoms with Crippen LogP contribution in [0.15, 0.2) is 33.3 Å². The molecule has 5 rings (SSSR count). The largest absolute Gasteiger partial charge is 0.353 e. The van der Waals surface area contributed by atoms with Crippen molar-refractivity contribution in [3.05, 3.63) is 60.7 Å². The molecule has 2 saturated heterocycles. The van der Waals surface area contributed by atoms with Crippen LogP contribution in [0.25, 0.3) is 0 Å². The van der Waals surface area contributed by atoms with Gasteiger partial charge in [0.05, 0.1) is 5.69 Å². The van der Waals surface area contributed by atoms with Gasteiger partial charge >= 0.3 is 0 Å². The summed E-state index contributed by atoms with van der Waals surface area (Å²) >= 11 is 13.9. The predicted molar refractivity (Wildman–Crippen MR) is 181 cm³/mol. The lowest BCUT2D eigenvalue weighted by molar-refractivity contribution is -0.137. The Morgan fingerprint density at radius 3 is 2.25 bits per heavy atom. The first-order valence-electron chi connectivity index (χ1n) is 16.0. The number of pyridine rings is 1. The van der Waals surface area contributed by atoms with Crippen molar-refractivity contribution in [2.75, 3.05) is 26.2 Å². The molecule has 2 aromatic rings. The molecule has 2 fully saturated rings. The van der Waals surface area contributed by atoms with Crippen LogP contribution < -0.4 is 5.32 Å². The van der Waals surface area contributed by atoms with Crippen LogP contribution in [0.3, 0.4) is 0 Å². The lowest BCUT2D eigenvalue weighted by atomic mass is 9.76. The van der Waals surface area contributed by atoms with Crippen LogP contribution in [0.1, 0.15) is 87.6 Å². The maximum absolute atomic E-state index is 13.4. The lowest BCUT2D eigenvalue weighted by Crippen LogP contribution is -2.44. The number of hydrogen-bond donors (Lipinski definition) is 1. The van der Waals surface area contributed by atoms with E-state index in [0.717, 1.165) is 71.3 Å². The Balaban J connectivity index is 1.16.